The van der Waals surface area contributed by atoms with Gasteiger partial charge in [-0.1, -0.05) is 0 Å². The van der Waals surface area contributed by atoms with E-state index in [4.69, 9.17) is 15.2 Å². The van der Waals surface area contributed by atoms with E-state index in [0.29, 0.717) is 30.0 Å². The van der Waals surface area contributed by atoms with Crippen LogP contribution in [0.1, 0.15) is 32.1 Å². The van der Waals surface area contributed by atoms with E-state index in [2.05, 4.69) is 5.32 Å². The third kappa shape index (κ3) is 6.42. The first-order valence-electron chi connectivity index (χ1n) is 8.02. The van der Waals surface area contributed by atoms with E-state index in [1.807, 2.05) is 18.2 Å². The normalized spacial score (nSPS) is 20.0. The maximum Gasteiger partial charge on any atom is 0.221 e. The van der Waals surface area contributed by atoms with Gasteiger partial charge in [0.15, 0.2) is 11.5 Å². The second-order valence-corrected chi connectivity index (χ2v) is 6.96. The molecular weight excluding hydrogens is 348 g/mol. The second-order valence-electron chi connectivity index (χ2n) is 5.79. The average Bonchev–Trinajstić information content (AvgIpc) is 2.56. The van der Waals surface area contributed by atoms with Gasteiger partial charge in [-0.05, 0) is 43.9 Å². The third-order valence-corrected chi connectivity index (χ3v) is 5.09. The number of nitrogens with one attached hydrogen (secondary N) is 1. The number of amides is 1. The van der Waals surface area contributed by atoms with Crippen molar-refractivity contribution in [2.45, 2.75) is 49.1 Å². The van der Waals surface area contributed by atoms with Crippen molar-refractivity contribution in [3.63, 3.8) is 0 Å². The smallest absolute Gasteiger partial charge is 0.221 e. The number of ether oxygens (including phenoxy) is 2. The van der Waals surface area contributed by atoms with Crippen molar-refractivity contribution < 1.29 is 14.3 Å². The summed E-state index contributed by atoms with van der Waals surface area (Å²) in [7, 11) is 3.24. The van der Waals surface area contributed by atoms with E-state index in [1.54, 1.807) is 26.0 Å². The van der Waals surface area contributed by atoms with Crippen LogP contribution in [0.2, 0.25) is 0 Å². The highest BCUT2D eigenvalue weighted by Crippen LogP contribution is 2.32. The molecule has 1 aliphatic rings. The zero-order valence-electron chi connectivity index (χ0n) is 14.2. The summed E-state index contributed by atoms with van der Waals surface area (Å²) >= 11 is 1.64. The van der Waals surface area contributed by atoms with E-state index in [-0.39, 0.29) is 18.3 Å². The van der Waals surface area contributed by atoms with Gasteiger partial charge in [0.05, 0.1) is 14.2 Å². The lowest BCUT2D eigenvalue weighted by atomic mass is 9.92. The largest absolute Gasteiger partial charge is 0.493 e. The first kappa shape index (κ1) is 20.9. The molecule has 1 saturated carbocycles. The summed E-state index contributed by atoms with van der Waals surface area (Å²) in [6, 6.07) is 6.40. The van der Waals surface area contributed by atoms with Crippen molar-refractivity contribution in [2.24, 2.45) is 5.73 Å². The molecule has 24 heavy (non-hydrogen) atoms. The minimum absolute atomic E-state index is 0. The zero-order valence-corrected chi connectivity index (χ0v) is 15.9. The fraction of sp³-hybridized carbons (Fsp3) is 0.588. The number of benzene rings is 1. The summed E-state index contributed by atoms with van der Waals surface area (Å²) in [4.78, 5) is 13.1. The molecule has 5 nitrogen and oxygen atoms in total. The number of hydrogen-bond acceptors (Lipinski definition) is 5. The van der Waals surface area contributed by atoms with Crippen molar-refractivity contribution in [3.8, 4) is 11.5 Å². The van der Waals surface area contributed by atoms with Crippen LogP contribution in [0, 0.1) is 0 Å². The lowest BCUT2D eigenvalue weighted by Gasteiger charge is -2.26. The van der Waals surface area contributed by atoms with Crippen LogP contribution in [0.4, 0.5) is 0 Å². The van der Waals surface area contributed by atoms with Crippen LogP contribution in [0.15, 0.2) is 23.1 Å². The first-order valence-corrected chi connectivity index (χ1v) is 9.00. The highest BCUT2D eigenvalue weighted by Gasteiger charge is 2.19. The van der Waals surface area contributed by atoms with Gasteiger partial charge in [0.2, 0.25) is 5.91 Å². The molecule has 1 aromatic carbocycles. The number of carbonyl (C=O) groups is 1. The van der Waals surface area contributed by atoms with Crippen LogP contribution in [-0.2, 0) is 4.79 Å². The Bertz CT molecular complexity index is 523. The Hall–Kier alpha value is -1.11. The van der Waals surface area contributed by atoms with Crippen molar-refractivity contribution in [3.05, 3.63) is 18.2 Å². The third-order valence-electron chi connectivity index (χ3n) is 4.09. The topological polar surface area (TPSA) is 73.6 Å². The van der Waals surface area contributed by atoms with Gasteiger partial charge < -0.3 is 20.5 Å². The van der Waals surface area contributed by atoms with Gasteiger partial charge >= 0.3 is 0 Å². The maximum atomic E-state index is 12.0. The SMILES string of the molecule is COc1ccc(SCCC(=O)NC2CCC(N)CC2)cc1OC.Cl. The second kappa shape index (κ2) is 10.7. The quantitative estimate of drug-likeness (QED) is 0.718. The summed E-state index contributed by atoms with van der Waals surface area (Å²) in [5, 5.41) is 3.11. The summed E-state index contributed by atoms with van der Waals surface area (Å²) in [5.41, 5.74) is 5.88. The Labute approximate surface area is 154 Å². The number of nitrogens with two attached hydrogens (primary N) is 1. The minimum atomic E-state index is 0. The summed E-state index contributed by atoms with van der Waals surface area (Å²) in [5.74, 6) is 2.29. The molecule has 7 heteroatoms. The molecule has 2 rings (SSSR count). The number of thioether (sulfide) groups is 1. The summed E-state index contributed by atoms with van der Waals surface area (Å²) in [6.45, 7) is 0. The Morgan fingerprint density at radius 2 is 1.88 bits per heavy atom. The monoisotopic (exact) mass is 374 g/mol. The van der Waals surface area contributed by atoms with Crippen molar-refractivity contribution in [2.75, 3.05) is 20.0 Å². The van der Waals surface area contributed by atoms with Gasteiger partial charge in [-0.15, -0.1) is 24.2 Å². The van der Waals surface area contributed by atoms with E-state index < -0.39 is 0 Å². The molecule has 0 atom stereocenters. The van der Waals surface area contributed by atoms with E-state index in [9.17, 15) is 4.79 Å². The van der Waals surface area contributed by atoms with Gasteiger partial charge in [-0.2, -0.15) is 0 Å². The van der Waals surface area contributed by atoms with Crippen LogP contribution in [0.3, 0.4) is 0 Å². The number of carbonyl (C=O) groups excluding carboxylic acids is 1. The zero-order chi connectivity index (χ0) is 16.7. The predicted octanol–water partition coefficient (Wildman–Crippen LogP) is 2.99. The first-order chi connectivity index (χ1) is 11.1. The highest BCUT2D eigenvalue weighted by atomic mass is 35.5. The number of hydrogen-bond donors (Lipinski definition) is 2. The lowest BCUT2D eigenvalue weighted by Crippen LogP contribution is -2.40. The molecule has 1 aromatic rings. The lowest BCUT2D eigenvalue weighted by molar-refractivity contribution is -0.121. The van der Waals surface area contributed by atoms with E-state index in [1.165, 1.54) is 0 Å². The minimum Gasteiger partial charge on any atom is -0.493 e. The van der Waals surface area contributed by atoms with Crippen LogP contribution in [-0.4, -0.2) is 38.0 Å². The fourth-order valence-corrected chi connectivity index (χ4v) is 3.61. The molecule has 0 bridgehead atoms. The molecule has 0 aliphatic heterocycles. The molecule has 1 amide bonds. The highest BCUT2D eigenvalue weighted by molar-refractivity contribution is 7.99. The van der Waals surface area contributed by atoms with Crippen molar-refractivity contribution in [1.29, 1.82) is 0 Å². The van der Waals surface area contributed by atoms with Gasteiger partial charge in [0.1, 0.15) is 0 Å². The predicted molar refractivity (Wildman–Crippen MR) is 101 cm³/mol. The molecule has 0 aromatic heterocycles. The van der Waals surface area contributed by atoms with E-state index >= 15 is 0 Å². The van der Waals surface area contributed by atoms with Gasteiger partial charge in [-0.25, -0.2) is 0 Å². The van der Waals surface area contributed by atoms with Crippen LogP contribution >= 0.6 is 24.2 Å². The van der Waals surface area contributed by atoms with Crippen LogP contribution in [0.25, 0.3) is 0 Å². The molecule has 3 N–H and O–H groups in total. The van der Waals surface area contributed by atoms with Crippen molar-refractivity contribution >= 4 is 30.1 Å². The van der Waals surface area contributed by atoms with Crippen LogP contribution < -0.4 is 20.5 Å². The van der Waals surface area contributed by atoms with Gasteiger partial charge in [0, 0.05) is 29.2 Å². The molecule has 0 saturated heterocycles. The standard InChI is InChI=1S/C17H26N2O3S.ClH/c1-21-15-8-7-14(11-16(15)22-2)23-10-9-17(20)19-13-5-3-12(18)4-6-13;/h7-8,11-13H,3-6,9-10,18H2,1-2H3,(H,19,20);1H. The molecule has 136 valence electrons. The van der Waals surface area contributed by atoms with Gasteiger partial charge in [-0.3, -0.25) is 4.79 Å². The molecule has 0 radical (unpaired) electrons. The van der Waals surface area contributed by atoms with Gasteiger partial charge in [0.25, 0.3) is 0 Å². The Morgan fingerprint density at radius 1 is 1.21 bits per heavy atom. The summed E-state index contributed by atoms with van der Waals surface area (Å²) in [6.07, 6.45) is 4.52. The average molecular weight is 375 g/mol. The Morgan fingerprint density at radius 3 is 2.50 bits per heavy atom. The van der Waals surface area contributed by atoms with Crippen molar-refractivity contribution in [1.82, 2.24) is 5.32 Å². The molecule has 1 fully saturated rings. The molecule has 0 spiro atoms. The molecular formula is C17H27ClN2O3S. The Kier molecular flexibility index (Phi) is 9.33. The Balaban J connectivity index is 0.00000288. The molecule has 1 aliphatic carbocycles. The van der Waals surface area contributed by atoms with E-state index in [0.717, 1.165) is 36.3 Å². The molecule has 0 unspecified atom stereocenters. The molecule has 0 heterocycles. The maximum absolute atomic E-state index is 12.0. The summed E-state index contributed by atoms with van der Waals surface area (Å²) < 4.78 is 10.5. The number of halogens is 1. The number of rotatable bonds is 7. The fourth-order valence-electron chi connectivity index (χ4n) is 2.73. The van der Waals surface area contributed by atoms with Crippen LogP contribution in [0.5, 0.6) is 11.5 Å². The number of methoxy groups -OCH3 is 2.